The average molecular weight is 397 g/mol. The third-order valence-electron chi connectivity index (χ3n) is 4.55. The van der Waals surface area contributed by atoms with Crippen LogP contribution in [0.4, 0.5) is 0 Å². The van der Waals surface area contributed by atoms with E-state index in [1.54, 1.807) is 32.4 Å². The summed E-state index contributed by atoms with van der Waals surface area (Å²) >= 11 is 1.40. The molecule has 0 radical (unpaired) electrons. The molecule has 2 aromatic rings. The zero-order chi connectivity index (χ0) is 20.1. The Morgan fingerprint density at radius 3 is 2.29 bits per heavy atom. The van der Waals surface area contributed by atoms with Crippen LogP contribution >= 0.6 is 11.8 Å². The summed E-state index contributed by atoms with van der Waals surface area (Å²) in [6, 6.07) is 15.1. The number of ether oxygens (including phenoxy) is 2. The summed E-state index contributed by atoms with van der Waals surface area (Å²) in [5, 5.41) is 0. The van der Waals surface area contributed by atoms with E-state index >= 15 is 0 Å². The number of amides is 2. The van der Waals surface area contributed by atoms with Gasteiger partial charge in [-0.25, -0.2) is 0 Å². The molecule has 0 atom stereocenters. The summed E-state index contributed by atoms with van der Waals surface area (Å²) in [7, 11) is 3.11. The molecule has 0 fully saturated rings. The molecule has 0 saturated carbocycles. The molecule has 0 aliphatic carbocycles. The Bertz CT molecular complexity index is 908. The van der Waals surface area contributed by atoms with Crippen molar-refractivity contribution in [2.24, 2.45) is 0 Å². The normalized spacial score (nSPS) is 14.0. The lowest BCUT2D eigenvalue weighted by molar-refractivity contribution is -0.136. The maximum Gasteiger partial charge on any atom is 0.267 e. The molecule has 0 saturated heterocycles. The van der Waals surface area contributed by atoms with E-state index in [2.05, 4.69) is 0 Å². The molecular weight excluding hydrogens is 374 g/mol. The van der Waals surface area contributed by atoms with Gasteiger partial charge in [-0.2, -0.15) is 0 Å². The fourth-order valence-corrected chi connectivity index (χ4v) is 4.04. The Kier molecular flexibility index (Phi) is 6.41. The number of benzene rings is 2. The molecule has 1 heterocycles. The summed E-state index contributed by atoms with van der Waals surface area (Å²) in [4.78, 5) is 27.9. The van der Waals surface area contributed by atoms with Gasteiger partial charge < -0.3 is 9.47 Å². The fourth-order valence-electron chi connectivity index (χ4n) is 3.17. The predicted molar refractivity (Wildman–Crippen MR) is 111 cm³/mol. The number of hydrogen-bond donors (Lipinski definition) is 0. The van der Waals surface area contributed by atoms with Crippen molar-refractivity contribution in [3.05, 3.63) is 64.6 Å². The molecule has 0 aromatic heterocycles. The van der Waals surface area contributed by atoms with Crippen LogP contribution in [0, 0.1) is 0 Å². The Hall–Kier alpha value is -2.73. The van der Waals surface area contributed by atoms with Gasteiger partial charge >= 0.3 is 0 Å². The van der Waals surface area contributed by atoms with Crippen LogP contribution < -0.4 is 9.47 Å². The van der Waals surface area contributed by atoms with Gasteiger partial charge in [0.2, 0.25) is 0 Å². The zero-order valence-corrected chi connectivity index (χ0v) is 17.0. The van der Waals surface area contributed by atoms with E-state index in [4.69, 9.17) is 9.47 Å². The van der Waals surface area contributed by atoms with Crippen LogP contribution in [0.5, 0.6) is 11.5 Å². The van der Waals surface area contributed by atoms with Crippen molar-refractivity contribution in [2.75, 3.05) is 26.5 Å². The van der Waals surface area contributed by atoms with Crippen LogP contribution in [0.15, 0.2) is 53.4 Å². The van der Waals surface area contributed by atoms with E-state index in [1.165, 1.54) is 16.7 Å². The summed E-state index contributed by atoms with van der Waals surface area (Å²) in [6.07, 6.45) is 0.627. The van der Waals surface area contributed by atoms with Crippen molar-refractivity contribution in [1.82, 2.24) is 4.90 Å². The number of hydrogen-bond acceptors (Lipinski definition) is 5. The second-order valence-electron chi connectivity index (χ2n) is 6.20. The fraction of sp³-hybridized carbons (Fsp3) is 0.273. The first-order valence-electron chi connectivity index (χ1n) is 9.10. The van der Waals surface area contributed by atoms with Crippen LogP contribution in [-0.2, 0) is 16.0 Å². The highest BCUT2D eigenvalue weighted by Gasteiger charge is 2.38. The Morgan fingerprint density at radius 2 is 1.64 bits per heavy atom. The average Bonchev–Trinajstić information content (AvgIpc) is 2.96. The predicted octanol–water partition coefficient (Wildman–Crippen LogP) is 3.78. The SMILES string of the molecule is CCSC1=C(c2ccc(OC)c(OC)c2)C(=O)N(CCc2ccccc2)C1=O. The molecule has 2 amide bonds. The Morgan fingerprint density at radius 1 is 0.929 bits per heavy atom. The molecule has 1 aliphatic heterocycles. The van der Waals surface area contributed by atoms with Gasteiger partial charge in [0.05, 0.1) is 24.7 Å². The lowest BCUT2D eigenvalue weighted by Gasteiger charge is -2.15. The quantitative estimate of drug-likeness (QED) is 0.635. The van der Waals surface area contributed by atoms with Gasteiger partial charge in [0, 0.05) is 6.54 Å². The number of carbonyl (C=O) groups is 2. The number of methoxy groups -OCH3 is 2. The van der Waals surface area contributed by atoms with Crippen LogP contribution in [0.25, 0.3) is 5.57 Å². The van der Waals surface area contributed by atoms with E-state index in [-0.39, 0.29) is 11.8 Å². The minimum absolute atomic E-state index is 0.224. The summed E-state index contributed by atoms with van der Waals surface area (Å²) in [5.74, 6) is 1.32. The third-order valence-corrected chi connectivity index (χ3v) is 5.51. The smallest absolute Gasteiger partial charge is 0.267 e. The summed E-state index contributed by atoms with van der Waals surface area (Å²) in [5.41, 5.74) is 2.19. The summed E-state index contributed by atoms with van der Waals surface area (Å²) < 4.78 is 10.6. The van der Waals surface area contributed by atoms with Gasteiger partial charge in [-0.15, -0.1) is 11.8 Å². The van der Waals surface area contributed by atoms with Crippen molar-refractivity contribution < 1.29 is 19.1 Å². The second kappa shape index (κ2) is 8.97. The number of nitrogens with zero attached hydrogens (tertiary/aromatic N) is 1. The maximum atomic E-state index is 13.1. The summed E-state index contributed by atoms with van der Waals surface area (Å²) in [6.45, 7) is 2.32. The first-order chi connectivity index (χ1) is 13.6. The van der Waals surface area contributed by atoms with Gasteiger partial charge in [0.25, 0.3) is 11.8 Å². The molecule has 0 N–H and O–H groups in total. The minimum Gasteiger partial charge on any atom is -0.493 e. The van der Waals surface area contributed by atoms with Crippen LogP contribution in [-0.4, -0.2) is 43.2 Å². The Labute approximate surface area is 169 Å². The minimum atomic E-state index is -0.260. The van der Waals surface area contributed by atoms with E-state index in [1.807, 2.05) is 37.3 Å². The molecule has 28 heavy (non-hydrogen) atoms. The van der Waals surface area contributed by atoms with Gasteiger partial charge in [-0.1, -0.05) is 43.3 Å². The number of thioether (sulfide) groups is 1. The van der Waals surface area contributed by atoms with Crippen LogP contribution in [0.3, 0.4) is 0 Å². The molecule has 0 unspecified atom stereocenters. The van der Waals surface area contributed by atoms with Gasteiger partial charge in [-0.3, -0.25) is 14.5 Å². The van der Waals surface area contributed by atoms with Crippen LogP contribution in [0.1, 0.15) is 18.1 Å². The molecule has 146 valence electrons. The molecule has 3 rings (SSSR count). The number of rotatable bonds is 8. The zero-order valence-electron chi connectivity index (χ0n) is 16.2. The molecule has 6 heteroatoms. The second-order valence-corrected chi connectivity index (χ2v) is 7.48. The molecule has 0 bridgehead atoms. The highest BCUT2D eigenvalue weighted by molar-refractivity contribution is 8.04. The first kappa shape index (κ1) is 20.0. The van der Waals surface area contributed by atoms with Crippen molar-refractivity contribution in [2.45, 2.75) is 13.3 Å². The highest BCUT2D eigenvalue weighted by Crippen LogP contribution is 2.39. The lowest BCUT2D eigenvalue weighted by atomic mass is 10.1. The van der Waals surface area contributed by atoms with Crippen LogP contribution in [0.2, 0.25) is 0 Å². The van der Waals surface area contributed by atoms with E-state index in [9.17, 15) is 9.59 Å². The number of carbonyl (C=O) groups excluding carboxylic acids is 2. The largest absolute Gasteiger partial charge is 0.493 e. The van der Waals surface area contributed by atoms with Gasteiger partial charge in [-0.05, 0) is 35.4 Å². The third kappa shape index (κ3) is 3.92. The van der Waals surface area contributed by atoms with Gasteiger partial charge in [0.1, 0.15) is 0 Å². The molecular formula is C22H23NO4S. The molecule has 1 aliphatic rings. The number of imide groups is 1. The van der Waals surface area contributed by atoms with E-state index < -0.39 is 0 Å². The standard InChI is InChI=1S/C22H23NO4S/c1-4-28-20-19(16-10-11-17(26-2)18(14-16)27-3)21(24)23(22(20)25)13-12-15-8-6-5-7-9-15/h5-11,14H,4,12-13H2,1-3H3. The highest BCUT2D eigenvalue weighted by atomic mass is 32.2. The molecule has 0 spiro atoms. The van der Waals surface area contributed by atoms with Gasteiger partial charge in [0.15, 0.2) is 11.5 Å². The first-order valence-corrected chi connectivity index (χ1v) is 10.1. The van der Waals surface area contributed by atoms with Crippen molar-refractivity contribution >= 4 is 29.1 Å². The topological polar surface area (TPSA) is 55.8 Å². The molecule has 5 nitrogen and oxygen atoms in total. The lowest BCUT2D eigenvalue weighted by Crippen LogP contribution is -2.33. The van der Waals surface area contributed by atoms with Crippen molar-refractivity contribution in [3.8, 4) is 11.5 Å². The van der Waals surface area contributed by atoms with Crippen molar-refractivity contribution in [1.29, 1.82) is 0 Å². The van der Waals surface area contributed by atoms with Crippen molar-refractivity contribution in [3.63, 3.8) is 0 Å². The monoisotopic (exact) mass is 397 g/mol. The Balaban J connectivity index is 1.91. The van der Waals surface area contributed by atoms with E-state index in [0.29, 0.717) is 46.3 Å². The van der Waals surface area contributed by atoms with E-state index in [0.717, 1.165) is 5.56 Å². The maximum absolute atomic E-state index is 13.1. The molecule has 2 aromatic carbocycles.